The number of anilines is 1. The highest BCUT2D eigenvalue weighted by Gasteiger charge is 2.55. The third kappa shape index (κ3) is 5.49. The lowest BCUT2D eigenvalue weighted by atomic mass is 9.77. The molecule has 2 heterocycles. The number of hydrogen-bond donors (Lipinski definition) is 4. The summed E-state index contributed by atoms with van der Waals surface area (Å²) < 4.78 is 0. The molecule has 0 radical (unpaired) electrons. The number of aryl methyl sites for hydroxylation is 2. The summed E-state index contributed by atoms with van der Waals surface area (Å²) in [5, 5.41) is 22.3. The maximum atomic E-state index is 13.6. The van der Waals surface area contributed by atoms with Gasteiger partial charge in [-0.2, -0.15) is 0 Å². The van der Waals surface area contributed by atoms with Crippen molar-refractivity contribution in [2.24, 2.45) is 5.92 Å². The first-order valence-electron chi connectivity index (χ1n) is 14.3. The summed E-state index contributed by atoms with van der Waals surface area (Å²) in [6.45, 7) is 6.23. The van der Waals surface area contributed by atoms with E-state index < -0.39 is 5.72 Å². The van der Waals surface area contributed by atoms with E-state index in [-0.39, 0.29) is 42.4 Å². The van der Waals surface area contributed by atoms with Gasteiger partial charge in [-0.25, -0.2) is 5.43 Å². The molecule has 3 aliphatic rings. The van der Waals surface area contributed by atoms with E-state index in [1.807, 2.05) is 37.3 Å². The summed E-state index contributed by atoms with van der Waals surface area (Å²) in [5.74, 6) is 0.180. The molecule has 5 rings (SSSR count). The van der Waals surface area contributed by atoms with Crippen molar-refractivity contribution in [1.29, 1.82) is 0 Å². The fourth-order valence-electron chi connectivity index (χ4n) is 6.84. The summed E-state index contributed by atoms with van der Waals surface area (Å²) in [6.07, 6.45) is 9.33. The van der Waals surface area contributed by atoms with Crippen LogP contribution in [-0.4, -0.2) is 40.9 Å². The van der Waals surface area contributed by atoms with Gasteiger partial charge in [0.2, 0.25) is 0 Å². The number of nitrogens with one attached hydrogen (secondary N) is 3. The standard InChI is InChI=1S/C31H44N4O2/c1-21-17-18-26(22(2)19-21)27(36)20-28-31(37,24-13-9-6-4-5-7-10-14-24)33-30-29(32-28)23(3)34-35(30)25-15-11-8-12-16-25/h8,11-12,15-19,23-24,28-30,32-34,37H,4-7,9-10,13-14,20H2,1-3H3. The number of hydrogen-bond acceptors (Lipinski definition) is 6. The Morgan fingerprint density at radius 2 is 1.68 bits per heavy atom. The number of ketones is 1. The van der Waals surface area contributed by atoms with Crippen LogP contribution in [0.1, 0.15) is 86.2 Å². The highest BCUT2D eigenvalue weighted by molar-refractivity contribution is 5.98. The Morgan fingerprint density at radius 3 is 2.35 bits per heavy atom. The number of carbonyl (C=O) groups excluding carboxylic acids is 1. The van der Waals surface area contributed by atoms with Crippen LogP contribution in [0.4, 0.5) is 5.69 Å². The minimum atomic E-state index is -1.18. The van der Waals surface area contributed by atoms with Crippen LogP contribution in [0.5, 0.6) is 0 Å². The van der Waals surface area contributed by atoms with E-state index in [4.69, 9.17) is 0 Å². The Bertz CT molecular complexity index is 1070. The third-order valence-corrected chi connectivity index (χ3v) is 8.89. The molecule has 4 N–H and O–H groups in total. The molecular formula is C31H44N4O2. The second-order valence-electron chi connectivity index (χ2n) is 11.6. The van der Waals surface area contributed by atoms with E-state index in [1.54, 1.807) is 0 Å². The van der Waals surface area contributed by atoms with E-state index in [1.165, 1.54) is 25.7 Å². The van der Waals surface area contributed by atoms with Crippen molar-refractivity contribution >= 4 is 11.5 Å². The second kappa shape index (κ2) is 11.2. The molecule has 37 heavy (non-hydrogen) atoms. The molecule has 2 aromatic carbocycles. The smallest absolute Gasteiger partial charge is 0.164 e. The molecule has 0 aromatic heterocycles. The van der Waals surface area contributed by atoms with Crippen LogP contribution in [0, 0.1) is 19.8 Å². The Labute approximate surface area is 222 Å². The maximum Gasteiger partial charge on any atom is 0.164 e. The van der Waals surface area contributed by atoms with Crippen molar-refractivity contribution in [3.05, 3.63) is 65.2 Å². The minimum absolute atomic E-state index is 0.0497. The van der Waals surface area contributed by atoms with Gasteiger partial charge in [0.15, 0.2) is 5.78 Å². The van der Waals surface area contributed by atoms with E-state index in [9.17, 15) is 9.90 Å². The number of benzene rings is 2. The fourth-order valence-corrected chi connectivity index (χ4v) is 6.84. The van der Waals surface area contributed by atoms with Crippen LogP contribution < -0.4 is 21.1 Å². The van der Waals surface area contributed by atoms with Gasteiger partial charge in [-0.3, -0.25) is 15.1 Å². The molecule has 200 valence electrons. The normalized spacial score (nSPS) is 31.3. The van der Waals surface area contributed by atoms with E-state index >= 15 is 0 Å². The summed E-state index contributed by atoms with van der Waals surface area (Å²) in [6, 6.07) is 16.1. The molecule has 2 saturated heterocycles. The number of piperazine rings is 1. The zero-order valence-corrected chi connectivity index (χ0v) is 22.7. The average Bonchev–Trinajstić information content (AvgIpc) is 3.26. The monoisotopic (exact) mass is 504 g/mol. The van der Waals surface area contributed by atoms with Gasteiger partial charge in [0.25, 0.3) is 0 Å². The number of Topliss-reactive ketones (excluding diaryl/α,β-unsaturated/α-hetero) is 1. The maximum absolute atomic E-state index is 13.6. The molecule has 5 unspecified atom stereocenters. The van der Waals surface area contributed by atoms with Gasteiger partial charge in [-0.1, -0.05) is 80.5 Å². The van der Waals surface area contributed by atoms with Gasteiger partial charge in [-0.15, -0.1) is 0 Å². The van der Waals surface area contributed by atoms with Crippen molar-refractivity contribution in [2.45, 2.75) is 109 Å². The Kier molecular flexibility index (Phi) is 8.01. The Balaban J connectivity index is 1.46. The molecule has 3 fully saturated rings. The largest absolute Gasteiger partial charge is 0.374 e. The summed E-state index contributed by atoms with van der Waals surface area (Å²) in [5.41, 5.74) is 6.42. The molecule has 2 aliphatic heterocycles. The second-order valence-corrected chi connectivity index (χ2v) is 11.6. The minimum Gasteiger partial charge on any atom is -0.374 e. The van der Waals surface area contributed by atoms with Crippen molar-refractivity contribution in [3.8, 4) is 0 Å². The Hall–Kier alpha value is -2.25. The van der Waals surface area contributed by atoms with Crippen molar-refractivity contribution in [3.63, 3.8) is 0 Å². The van der Waals surface area contributed by atoms with Crippen molar-refractivity contribution in [1.82, 2.24) is 16.1 Å². The lowest BCUT2D eigenvalue weighted by molar-refractivity contribution is -0.115. The highest BCUT2D eigenvalue weighted by Crippen LogP contribution is 2.38. The lowest BCUT2D eigenvalue weighted by Gasteiger charge is -2.52. The van der Waals surface area contributed by atoms with Gasteiger partial charge in [0.1, 0.15) is 11.9 Å². The first-order valence-corrected chi connectivity index (χ1v) is 14.3. The number of rotatable bonds is 5. The molecule has 1 saturated carbocycles. The molecule has 6 nitrogen and oxygen atoms in total. The van der Waals surface area contributed by atoms with Gasteiger partial charge in [-0.05, 0) is 51.3 Å². The van der Waals surface area contributed by atoms with Crippen molar-refractivity contribution < 1.29 is 9.90 Å². The predicted octanol–water partition coefficient (Wildman–Crippen LogP) is 4.98. The number of nitrogens with zero attached hydrogens (tertiary/aromatic N) is 1. The number of para-hydroxylation sites is 1. The van der Waals surface area contributed by atoms with Gasteiger partial charge < -0.3 is 10.4 Å². The molecule has 0 spiro atoms. The number of aliphatic hydroxyl groups is 1. The zero-order chi connectivity index (χ0) is 26.0. The molecule has 1 aliphatic carbocycles. The SMILES string of the molecule is Cc1ccc(C(=O)CC2NC3C(C)NN(c4ccccc4)C3NC2(O)C2CCCCCCCC2)c(C)c1. The zero-order valence-electron chi connectivity index (χ0n) is 22.7. The van der Waals surface area contributed by atoms with Gasteiger partial charge in [0, 0.05) is 23.9 Å². The van der Waals surface area contributed by atoms with E-state index in [2.05, 4.69) is 53.1 Å². The molecule has 2 aromatic rings. The molecule has 5 atom stereocenters. The molecular weight excluding hydrogens is 460 g/mol. The molecule has 0 bridgehead atoms. The lowest BCUT2D eigenvalue weighted by Crippen LogP contribution is -2.77. The van der Waals surface area contributed by atoms with Crippen LogP contribution in [-0.2, 0) is 0 Å². The van der Waals surface area contributed by atoms with E-state index in [0.29, 0.717) is 0 Å². The summed E-state index contributed by atoms with van der Waals surface area (Å²) in [7, 11) is 0. The van der Waals surface area contributed by atoms with Crippen LogP contribution >= 0.6 is 0 Å². The van der Waals surface area contributed by atoms with Crippen molar-refractivity contribution in [2.75, 3.05) is 5.01 Å². The first kappa shape index (κ1) is 26.4. The van der Waals surface area contributed by atoms with Crippen LogP contribution in [0.15, 0.2) is 48.5 Å². The summed E-state index contributed by atoms with van der Waals surface area (Å²) >= 11 is 0. The van der Waals surface area contributed by atoms with Crippen LogP contribution in [0.25, 0.3) is 0 Å². The Morgan fingerprint density at radius 1 is 1.00 bits per heavy atom. The molecule has 6 heteroatoms. The number of carbonyl (C=O) groups is 1. The summed E-state index contributed by atoms with van der Waals surface area (Å²) in [4.78, 5) is 13.6. The average molecular weight is 505 g/mol. The third-order valence-electron chi connectivity index (χ3n) is 8.89. The van der Waals surface area contributed by atoms with Gasteiger partial charge in [0.05, 0.1) is 17.8 Å². The fraction of sp³-hybridized carbons (Fsp3) is 0.581. The number of fused-ring (bicyclic) bond motifs is 1. The predicted molar refractivity (Wildman–Crippen MR) is 149 cm³/mol. The van der Waals surface area contributed by atoms with Crippen LogP contribution in [0.2, 0.25) is 0 Å². The first-order chi connectivity index (χ1) is 17.9. The van der Waals surface area contributed by atoms with Gasteiger partial charge >= 0.3 is 0 Å². The molecule has 0 amide bonds. The topological polar surface area (TPSA) is 76.6 Å². The quantitative estimate of drug-likeness (QED) is 0.430. The number of hydrazine groups is 1. The van der Waals surface area contributed by atoms with Crippen LogP contribution in [0.3, 0.4) is 0 Å². The highest BCUT2D eigenvalue weighted by atomic mass is 16.3. The van der Waals surface area contributed by atoms with E-state index in [0.717, 1.165) is 48.1 Å².